The van der Waals surface area contributed by atoms with E-state index in [-0.39, 0.29) is 6.04 Å². The molecule has 0 spiro atoms. The third-order valence-electron chi connectivity index (χ3n) is 3.56. The van der Waals surface area contributed by atoms with Crippen molar-refractivity contribution >= 4 is 38.4 Å². The fraction of sp³-hybridized carbons (Fsp3) is 0.385. The van der Waals surface area contributed by atoms with Crippen LogP contribution in [-0.2, 0) is 10.0 Å². The second-order valence-corrected chi connectivity index (χ2v) is 8.01. The van der Waals surface area contributed by atoms with Crippen molar-refractivity contribution < 1.29 is 8.42 Å². The van der Waals surface area contributed by atoms with E-state index in [1.54, 1.807) is 40.5 Å². The Kier molecular flexibility index (Phi) is 3.43. The first-order valence-electron chi connectivity index (χ1n) is 6.46. The number of nitrogens with two attached hydrogens (primary N) is 1. The molecule has 2 aromatic rings. The fourth-order valence-electron chi connectivity index (χ4n) is 2.52. The molecule has 5 nitrogen and oxygen atoms in total. The van der Waals surface area contributed by atoms with Gasteiger partial charge in [0.15, 0.2) is 0 Å². The van der Waals surface area contributed by atoms with Crippen molar-refractivity contribution in [1.29, 1.82) is 0 Å². The summed E-state index contributed by atoms with van der Waals surface area (Å²) in [5.41, 5.74) is 7.13. The number of nitrogen functional groups attached to an aromatic ring is 1. The molecule has 1 fully saturated rings. The maximum Gasteiger partial charge on any atom is 0.245 e. The van der Waals surface area contributed by atoms with E-state index in [4.69, 9.17) is 5.73 Å². The normalized spacial score (nSPS) is 21.4. The highest BCUT2D eigenvalue weighted by molar-refractivity contribution is 7.99. The SMILES string of the molecule is CC1CSCCN1S(=O)(=O)c1c[nH]c2ccc(N)cc12. The molecule has 7 heteroatoms. The summed E-state index contributed by atoms with van der Waals surface area (Å²) in [6, 6.07) is 5.29. The van der Waals surface area contributed by atoms with Crippen LogP contribution in [0.4, 0.5) is 5.69 Å². The van der Waals surface area contributed by atoms with Gasteiger partial charge in [-0.05, 0) is 25.1 Å². The molecule has 0 amide bonds. The number of benzene rings is 1. The van der Waals surface area contributed by atoms with Crippen LogP contribution < -0.4 is 5.73 Å². The van der Waals surface area contributed by atoms with Crippen LogP contribution in [0, 0.1) is 0 Å². The number of anilines is 1. The summed E-state index contributed by atoms with van der Waals surface area (Å²) in [6.45, 7) is 2.51. The average molecular weight is 311 g/mol. The molecule has 1 unspecified atom stereocenters. The minimum atomic E-state index is -3.48. The number of nitrogens with zero attached hydrogens (tertiary/aromatic N) is 1. The van der Waals surface area contributed by atoms with Gasteiger partial charge in [0.25, 0.3) is 0 Å². The molecule has 1 aliphatic rings. The van der Waals surface area contributed by atoms with Crippen LogP contribution in [0.25, 0.3) is 10.9 Å². The van der Waals surface area contributed by atoms with Crippen molar-refractivity contribution in [3.05, 3.63) is 24.4 Å². The molecule has 108 valence electrons. The van der Waals surface area contributed by atoms with E-state index in [0.29, 0.717) is 22.5 Å². The molecule has 2 heterocycles. The number of H-pyrrole nitrogens is 1. The zero-order valence-electron chi connectivity index (χ0n) is 11.2. The first-order chi connectivity index (χ1) is 9.50. The molecule has 0 radical (unpaired) electrons. The Morgan fingerprint density at radius 1 is 1.45 bits per heavy atom. The Morgan fingerprint density at radius 2 is 2.25 bits per heavy atom. The molecule has 3 N–H and O–H groups in total. The summed E-state index contributed by atoms with van der Waals surface area (Å²) in [4.78, 5) is 3.33. The molecule has 1 aliphatic heterocycles. The molecular formula is C13H17N3O2S2. The molecule has 0 saturated carbocycles. The number of sulfonamides is 1. The standard InChI is InChI=1S/C13H17N3O2S2/c1-9-8-19-5-4-16(9)20(17,18)13-7-15-12-3-2-10(14)6-11(12)13/h2-3,6-7,9,15H,4-5,8,14H2,1H3. The van der Waals surface area contributed by atoms with Crippen LogP contribution >= 0.6 is 11.8 Å². The lowest BCUT2D eigenvalue weighted by molar-refractivity contribution is 0.368. The highest BCUT2D eigenvalue weighted by Gasteiger charge is 2.32. The predicted molar refractivity (Wildman–Crippen MR) is 83.4 cm³/mol. The van der Waals surface area contributed by atoms with E-state index in [1.807, 2.05) is 6.92 Å². The summed E-state index contributed by atoms with van der Waals surface area (Å²) in [7, 11) is -3.48. The summed E-state index contributed by atoms with van der Waals surface area (Å²) >= 11 is 1.79. The molecule has 0 bridgehead atoms. The van der Waals surface area contributed by atoms with Gasteiger partial charge in [-0.1, -0.05) is 0 Å². The number of hydrogen-bond acceptors (Lipinski definition) is 4. The molecule has 0 aliphatic carbocycles. The number of fused-ring (bicyclic) bond motifs is 1. The van der Waals surface area contributed by atoms with Gasteiger partial charge in [0.1, 0.15) is 4.90 Å². The first-order valence-corrected chi connectivity index (χ1v) is 9.06. The van der Waals surface area contributed by atoms with Crippen LogP contribution in [0.5, 0.6) is 0 Å². The highest BCUT2D eigenvalue weighted by Crippen LogP contribution is 2.30. The van der Waals surface area contributed by atoms with E-state index in [0.717, 1.165) is 17.0 Å². The van der Waals surface area contributed by atoms with Crippen molar-refractivity contribution in [2.24, 2.45) is 0 Å². The maximum atomic E-state index is 12.8. The third-order valence-corrected chi connectivity index (χ3v) is 6.80. The van der Waals surface area contributed by atoms with Crippen LogP contribution in [0.1, 0.15) is 6.92 Å². The fourth-order valence-corrected chi connectivity index (χ4v) is 5.53. The number of aromatic amines is 1. The topological polar surface area (TPSA) is 79.2 Å². The van der Waals surface area contributed by atoms with E-state index < -0.39 is 10.0 Å². The average Bonchev–Trinajstić information content (AvgIpc) is 2.82. The largest absolute Gasteiger partial charge is 0.399 e. The van der Waals surface area contributed by atoms with E-state index in [9.17, 15) is 8.42 Å². The second kappa shape index (κ2) is 4.98. The monoisotopic (exact) mass is 311 g/mol. The van der Waals surface area contributed by atoms with Crippen molar-refractivity contribution in [3.8, 4) is 0 Å². The molecule has 3 rings (SSSR count). The van der Waals surface area contributed by atoms with E-state index in [1.165, 1.54) is 0 Å². The lowest BCUT2D eigenvalue weighted by Gasteiger charge is -2.31. The van der Waals surface area contributed by atoms with Crippen LogP contribution in [0.2, 0.25) is 0 Å². The lowest BCUT2D eigenvalue weighted by atomic mass is 10.2. The number of nitrogens with one attached hydrogen (secondary N) is 1. The van der Waals surface area contributed by atoms with Crippen molar-refractivity contribution in [1.82, 2.24) is 9.29 Å². The Hall–Kier alpha value is -1.18. The zero-order chi connectivity index (χ0) is 14.3. The lowest BCUT2D eigenvalue weighted by Crippen LogP contribution is -2.44. The smallest absolute Gasteiger partial charge is 0.245 e. The van der Waals surface area contributed by atoms with Gasteiger partial charge in [-0.15, -0.1) is 0 Å². The van der Waals surface area contributed by atoms with Crippen LogP contribution in [0.3, 0.4) is 0 Å². The summed E-state index contributed by atoms with van der Waals surface area (Å²) < 4.78 is 27.3. The Balaban J connectivity index is 2.11. The van der Waals surface area contributed by atoms with Gasteiger partial charge in [-0.3, -0.25) is 0 Å². The quantitative estimate of drug-likeness (QED) is 0.830. The van der Waals surface area contributed by atoms with E-state index in [2.05, 4.69) is 4.98 Å². The summed E-state index contributed by atoms with van der Waals surface area (Å²) in [6.07, 6.45) is 1.56. The third kappa shape index (κ3) is 2.19. The molecule has 20 heavy (non-hydrogen) atoms. The van der Waals surface area contributed by atoms with Crippen LogP contribution in [0.15, 0.2) is 29.3 Å². The maximum absolute atomic E-state index is 12.8. The number of thioether (sulfide) groups is 1. The van der Waals surface area contributed by atoms with Gasteiger partial charge in [0.2, 0.25) is 10.0 Å². The summed E-state index contributed by atoms with van der Waals surface area (Å²) in [5, 5.41) is 0.662. The number of rotatable bonds is 2. The van der Waals surface area contributed by atoms with Crippen molar-refractivity contribution in [3.63, 3.8) is 0 Å². The van der Waals surface area contributed by atoms with Gasteiger partial charge >= 0.3 is 0 Å². The minimum Gasteiger partial charge on any atom is -0.399 e. The number of aromatic nitrogens is 1. The summed E-state index contributed by atoms with van der Waals surface area (Å²) in [5.74, 6) is 1.68. The molecule has 1 saturated heterocycles. The first kappa shape index (κ1) is 13.8. The van der Waals surface area contributed by atoms with Crippen molar-refractivity contribution in [2.45, 2.75) is 17.9 Å². The van der Waals surface area contributed by atoms with Crippen LogP contribution in [-0.4, -0.2) is 41.8 Å². The molecule has 1 aromatic carbocycles. The number of hydrogen-bond donors (Lipinski definition) is 2. The molecule has 1 atom stereocenters. The van der Waals surface area contributed by atoms with Crippen molar-refractivity contribution in [2.75, 3.05) is 23.8 Å². The zero-order valence-corrected chi connectivity index (χ0v) is 12.8. The van der Waals surface area contributed by atoms with Gasteiger partial charge < -0.3 is 10.7 Å². The molecule has 1 aromatic heterocycles. The van der Waals surface area contributed by atoms with Gasteiger partial charge in [-0.25, -0.2) is 8.42 Å². The minimum absolute atomic E-state index is 0.0183. The second-order valence-electron chi connectivity index (χ2n) is 5.00. The highest BCUT2D eigenvalue weighted by atomic mass is 32.2. The Labute approximate surface area is 122 Å². The molecular weight excluding hydrogens is 294 g/mol. The van der Waals surface area contributed by atoms with E-state index >= 15 is 0 Å². The van der Waals surface area contributed by atoms with Gasteiger partial charge in [-0.2, -0.15) is 16.1 Å². The van der Waals surface area contributed by atoms with Gasteiger partial charge in [0, 0.05) is 46.9 Å². The predicted octanol–water partition coefficient (Wildman–Crippen LogP) is 1.88. The Bertz CT molecular complexity index is 739. The van der Waals surface area contributed by atoms with Gasteiger partial charge in [0.05, 0.1) is 0 Å². The Morgan fingerprint density at radius 3 is 3.00 bits per heavy atom.